The fraction of sp³-hybridized carbons (Fsp3) is 0.769. The highest BCUT2D eigenvalue weighted by molar-refractivity contribution is 6.38. The second-order valence-electron chi connectivity index (χ2n) is 5.26. The number of carbonyl (C=O) groups excluding carboxylic acids is 3. The van der Waals surface area contributed by atoms with E-state index >= 15 is 0 Å². The summed E-state index contributed by atoms with van der Waals surface area (Å²) in [5.74, 6) is -2.66. The minimum absolute atomic E-state index is 0.152. The van der Waals surface area contributed by atoms with E-state index in [1.807, 2.05) is 0 Å². The normalized spacial score (nSPS) is 18.9. The summed E-state index contributed by atoms with van der Waals surface area (Å²) in [5.41, 5.74) is -0.403. The van der Waals surface area contributed by atoms with Crippen LogP contribution >= 0.6 is 0 Å². The summed E-state index contributed by atoms with van der Waals surface area (Å²) in [6, 6.07) is 0. The molecule has 0 aromatic rings. The molecule has 0 spiro atoms. The summed E-state index contributed by atoms with van der Waals surface area (Å²) < 4.78 is 4.54. The van der Waals surface area contributed by atoms with Crippen molar-refractivity contribution in [2.75, 3.05) is 19.7 Å². The molecule has 0 aliphatic carbocycles. The second kappa shape index (κ2) is 8.78. The van der Waals surface area contributed by atoms with Crippen LogP contribution in [0.3, 0.4) is 0 Å². The molecule has 0 aromatic carbocycles. The molecule has 7 heteroatoms. The smallest absolute Gasteiger partial charge is 0.375 e. The van der Waals surface area contributed by atoms with E-state index in [0.717, 1.165) is 0 Å². The van der Waals surface area contributed by atoms with Crippen molar-refractivity contribution in [2.24, 2.45) is 5.92 Å². The molecule has 0 saturated carbocycles. The molecule has 0 radical (unpaired) electrons. The van der Waals surface area contributed by atoms with Crippen molar-refractivity contribution < 1.29 is 29.3 Å². The molecule has 20 heavy (non-hydrogen) atoms. The first kappa shape index (κ1) is 18.7. The Morgan fingerprint density at radius 3 is 2.35 bits per heavy atom. The van der Waals surface area contributed by atoms with Crippen LogP contribution in [0.2, 0.25) is 0 Å². The Balaban J connectivity index is 0.000000511. The van der Waals surface area contributed by atoms with E-state index in [9.17, 15) is 14.4 Å². The van der Waals surface area contributed by atoms with Crippen molar-refractivity contribution in [3.05, 3.63) is 0 Å². The molecule has 1 aliphatic heterocycles. The minimum atomic E-state index is -0.908. The zero-order chi connectivity index (χ0) is 15.8. The number of nitrogens with one attached hydrogen (secondary N) is 1. The summed E-state index contributed by atoms with van der Waals surface area (Å²) in [7, 11) is 0. The van der Waals surface area contributed by atoms with Crippen LogP contribution in [0.4, 0.5) is 0 Å². The largest absolute Gasteiger partial charge is 0.460 e. The average Bonchev–Trinajstić information content (AvgIpc) is 2.38. The van der Waals surface area contributed by atoms with E-state index in [4.69, 9.17) is 5.26 Å². The van der Waals surface area contributed by atoms with Gasteiger partial charge in [-0.3, -0.25) is 14.8 Å². The molecule has 1 aliphatic rings. The third-order valence-corrected chi connectivity index (χ3v) is 2.35. The lowest BCUT2D eigenvalue weighted by Crippen LogP contribution is -2.44. The van der Waals surface area contributed by atoms with Crippen molar-refractivity contribution in [1.29, 1.82) is 0 Å². The summed E-state index contributed by atoms with van der Waals surface area (Å²) in [6.45, 7) is 7.90. The standard InChI is InChI=1S/C9H13NO4.C4H10O2/c1-2-14-9(13)8(12)6-5-10-4-3-7(6)11;1-4(2,3)6-5/h6,10H,2-5H2,1H3;5H,1-3H3. The number of ether oxygens (including phenoxy) is 1. The van der Waals surface area contributed by atoms with Crippen molar-refractivity contribution >= 4 is 17.5 Å². The van der Waals surface area contributed by atoms with Crippen molar-refractivity contribution in [3.63, 3.8) is 0 Å². The van der Waals surface area contributed by atoms with E-state index in [2.05, 4.69) is 14.9 Å². The van der Waals surface area contributed by atoms with Crippen LogP contribution in [0, 0.1) is 5.92 Å². The Hall–Kier alpha value is -1.31. The van der Waals surface area contributed by atoms with Gasteiger partial charge in [0.1, 0.15) is 11.7 Å². The zero-order valence-electron chi connectivity index (χ0n) is 12.4. The molecule has 2 N–H and O–H groups in total. The third kappa shape index (κ3) is 7.32. The van der Waals surface area contributed by atoms with Gasteiger partial charge in [0.2, 0.25) is 0 Å². The highest BCUT2D eigenvalue weighted by Crippen LogP contribution is 2.08. The Kier molecular flexibility index (Phi) is 8.21. The first-order valence-electron chi connectivity index (χ1n) is 6.50. The van der Waals surface area contributed by atoms with E-state index in [0.29, 0.717) is 13.0 Å². The van der Waals surface area contributed by atoms with Crippen molar-refractivity contribution in [3.8, 4) is 0 Å². The fourth-order valence-electron chi connectivity index (χ4n) is 1.33. The molecule has 0 bridgehead atoms. The van der Waals surface area contributed by atoms with Crippen LogP contribution in [0.25, 0.3) is 0 Å². The maximum Gasteiger partial charge on any atom is 0.375 e. The van der Waals surface area contributed by atoms with Crippen molar-refractivity contribution in [2.45, 2.75) is 39.7 Å². The van der Waals surface area contributed by atoms with E-state index in [-0.39, 0.29) is 18.9 Å². The molecule has 1 fully saturated rings. The summed E-state index contributed by atoms with van der Waals surface area (Å²) in [6.07, 6.45) is 0.301. The fourth-order valence-corrected chi connectivity index (χ4v) is 1.33. The summed E-state index contributed by atoms with van der Waals surface area (Å²) in [5, 5.41) is 10.8. The lowest BCUT2D eigenvalue weighted by Gasteiger charge is -2.19. The average molecular weight is 289 g/mol. The van der Waals surface area contributed by atoms with Gasteiger partial charge in [-0.05, 0) is 27.7 Å². The van der Waals surface area contributed by atoms with E-state index < -0.39 is 23.3 Å². The number of esters is 1. The van der Waals surface area contributed by atoms with Crippen LogP contribution in [0.5, 0.6) is 0 Å². The summed E-state index contributed by atoms with van der Waals surface area (Å²) in [4.78, 5) is 37.6. The monoisotopic (exact) mass is 289 g/mol. The highest BCUT2D eigenvalue weighted by Gasteiger charge is 2.33. The van der Waals surface area contributed by atoms with Crippen molar-refractivity contribution in [1.82, 2.24) is 5.32 Å². The number of hydrogen-bond acceptors (Lipinski definition) is 7. The highest BCUT2D eigenvalue weighted by atomic mass is 17.1. The Bertz CT molecular complexity index is 347. The van der Waals surface area contributed by atoms with E-state index in [1.165, 1.54) is 0 Å². The van der Waals surface area contributed by atoms with Gasteiger partial charge in [0.15, 0.2) is 0 Å². The number of carbonyl (C=O) groups is 3. The van der Waals surface area contributed by atoms with Crippen LogP contribution < -0.4 is 5.32 Å². The molecule has 1 saturated heterocycles. The quantitative estimate of drug-likeness (QED) is 0.257. The Morgan fingerprint density at radius 1 is 1.40 bits per heavy atom. The zero-order valence-corrected chi connectivity index (χ0v) is 12.4. The first-order valence-corrected chi connectivity index (χ1v) is 6.50. The van der Waals surface area contributed by atoms with Gasteiger partial charge in [-0.15, -0.1) is 0 Å². The van der Waals surface area contributed by atoms with Gasteiger partial charge in [0.05, 0.1) is 12.2 Å². The molecular formula is C13H23NO6. The van der Waals surface area contributed by atoms with Gasteiger partial charge < -0.3 is 10.1 Å². The van der Waals surface area contributed by atoms with Crippen LogP contribution in [0.15, 0.2) is 0 Å². The van der Waals surface area contributed by atoms with Gasteiger partial charge in [-0.25, -0.2) is 9.68 Å². The molecule has 0 aromatic heterocycles. The predicted octanol–water partition coefficient (Wildman–Crippen LogP) is 0.572. The minimum Gasteiger partial charge on any atom is -0.460 e. The molecule has 0 amide bonds. The molecular weight excluding hydrogens is 266 g/mol. The maximum atomic E-state index is 11.4. The van der Waals surface area contributed by atoms with Gasteiger partial charge in [0, 0.05) is 19.5 Å². The topological polar surface area (TPSA) is 102 Å². The molecule has 1 rings (SSSR count). The van der Waals surface area contributed by atoms with Crippen LogP contribution in [0.1, 0.15) is 34.1 Å². The lowest BCUT2D eigenvalue weighted by molar-refractivity contribution is -0.306. The lowest BCUT2D eigenvalue weighted by atomic mass is 9.94. The number of hydrogen-bond donors (Lipinski definition) is 2. The molecule has 1 heterocycles. The van der Waals surface area contributed by atoms with Gasteiger partial charge >= 0.3 is 5.97 Å². The van der Waals surface area contributed by atoms with E-state index in [1.54, 1.807) is 27.7 Å². The van der Waals surface area contributed by atoms with Gasteiger partial charge in [0.25, 0.3) is 5.78 Å². The maximum absolute atomic E-state index is 11.4. The molecule has 116 valence electrons. The second-order valence-corrected chi connectivity index (χ2v) is 5.26. The number of Topliss-reactive ketones (excluding diaryl/α,β-unsaturated/α-hetero) is 2. The van der Waals surface area contributed by atoms with Gasteiger partial charge in [-0.1, -0.05) is 0 Å². The summed E-state index contributed by atoms with van der Waals surface area (Å²) >= 11 is 0. The molecule has 1 unspecified atom stereocenters. The SMILES string of the molecule is CC(C)(C)OO.CCOC(=O)C(=O)C1CNCCC1=O. The van der Waals surface area contributed by atoms with Gasteiger partial charge in [-0.2, -0.15) is 0 Å². The molecule has 7 nitrogen and oxygen atoms in total. The number of rotatable bonds is 3. The number of ketones is 2. The first-order chi connectivity index (χ1) is 9.22. The predicted molar refractivity (Wildman–Crippen MR) is 71.1 cm³/mol. The Labute approximate surface area is 118 Å². The third-order valence-electron chi connectivity index (χ3n) is 2.35. The molecule has 1 atom stereocenters. The van der Waals surface area contributed by atoms with Crippen LogP contribution in [-0.2, 0) is 24.0 Å². The number of piperidine rings is 1. The Morgan fingerprint density at radius 2 is 1.95 bits per heavy atom. The van der Waals surface area contributed by atoms with Crippen LogP contribution in [-0.4, -0.2) is 48.1 Å².